The molecule has 0 radical (unpaired) electrons. The molecule has 23 heavy (non-hydrogen) atoms. The second kappa shape index (κ2) is 7.57. The Morgan fingerprint density at radius 1 is 1.13 bits per heavy atom. The number of rotatable bonds is 6. The molecule has 118 valence electrons. The van der Waals surface area contributed by atoms with Crippen LogP contribution in [0.4, 0.5) is 10.8 Å². The van der Waals surface area contributed by atoms with Crippen molar-refractivity contribution in [2.24, 2.45) is 0 Å². The molecule has 1 aromatic carbocycles. The maximum Gasteiger partial charge on any atom is 0.210 e. The largest absolute Gasteiger partial charge is 0.330 e. The van der Waals surface area contributed by atoms with E-state index in [4.69, 9.17) is 0 Å². The van der Waals surface area contributed by atoms with Gasteiger partial charge in [-0.3, -0.25) is 4.98 Å². The first-order chi connectivity index (χ1) is 11.3. The van der Waals surface area contributed by atoms with Crippen LogP contribution in [-0.4, -0.2) is 15.2 Å². The van der Waals surface area contributed by atoms with E-state index in [0.29, 0.717) is 0 Å². The summed E-state index contributed by atoms with van der Waals surface area (Å²) in [5.41, 5.74) is 4.71. The second-order valence-electron chi connectivity index (χ2n) is 5.07. The molecule has 1 N–H and O–H groups in total. The fraction of sp³-hybridized carbons (Fsp3) is 0.235. The third-order valence-corrected chi connectivity index (χ3v) is 5.45. The first-order valence-corrected chi connectivity index (χ1v) is 9.28. The van der Waals surface area contributed by atoms with Gasteiger partial charge in [0.15, 0.2) is 4.34 Å². The molecular formula is C17H18N4S2. The molecule has 0 aliphatic heterocycles. The van der Waals surface area contributed by atoms with Crippen molar-refractivity contribution in [2.45, 2.75) is 30.4 Å². The molecule has 0 atom stereocenters. The van der Waals surface area contributed by atoms with Crippen LogP contribution in [0.15, 0.2) is 46.9 Å². The van der Waals surface area contributed by atoms with Crippen LogP contribution in [0.3, 0.4) is 0 Å². The minimum absolute atomic E-state index is 0.806. The Balaban J connectivity index is 1.68. The number of hydrogen-bond acceptors (Lipinski definition) is 6. The van der Waals surface area contributed by atoms with Crippen molar-refractivity contribution in [3.05, 3.63) is 59.4 Å². The number of pyridine rings is 1. The van der Waals surface area contributed by atoms with E-state index in [2.05, 4.69) is 52.5 Å². The Morgan fingerprint density at radius 2 is 2.04 bits per heavy atom. The summed E-state index contributed by atoms with van der Waals surface area (Å²) in [4.78, 5) is 4.32. The van der Waals surface area contributed by atoms with Gasteiger partial charge in [-0.25, -0.2) is 0 Å². The third kappa shape index (κ3) is 4.09. The highest BCUT2D eigenvalue weighted by Crippen LogP contribution is 2.31. The van der Waals surface area contributed by atoms with E-state index in [9.17, 15) is 0 Å². The smallest absolute Gasteiger partial charge is 0.210 e. The van der Waals surface area contributed by atoms with Crippen molar-refractivity contribution in [3.8, 4) is 0 Å². The molecular weight excluding hydrogens is 324 g/mol. The van der Waals surface area contributed by atoms with Crippen molar-refractivity contribution < 1.29 is 0 Å². The normalized spacial score (nSPS) is 10.7. The molecule has 3 aromatic rings. The van der Waals surface area contributed by atoms with Gasteiger partial charge in [-0.15, -0.1) is 10.2 Å². The van der Waals surface area contributed by atoms with Gasteiger partial charge in [-0.05, 0) is 36.6 Å². The first-order valence-electron chi connectivity index (χ1n) is 7.48. The zero-order valence-electron chi connectivity index (χ0n) is 13.1. The minimum Gasteiger partial charge on any atom is -0.330 e. The fourth-order valence-corrected chi connectivity index (χ4v) is 3.92. The van der Waals surface area contributed by atoms with Crippen LogP contribution >= 0.6 is 23.1 Å². The molecule has 0 unspecified atom stereocenters. The van der Waals surface area contributed by atoms with E-state index in [1.807, 2.05) is 24.4 Å². The standard InChI is InChI=1S/C17H18N4S2/c1-3-13-8-6-7-12(2)15(13)19-16-20-21-17(23-16)22-11-14-9-4-5-10-18-14/h4-10H,3,11H2,1-2H3,(H,19,20). The molecule has 0 amide bonds. The fourth-order valence-electron chi connectivity index (χ4n) is 2.25. The summed E-state index contributed by atoms with van der Waals surface area (Å²) < 4.78 is 0.949. The van der Waals surface area contributed by atoms with Crippen LogP contribution in [0.1, 0.15) is 23.7 Å². The van der Waals surface area contributed by atoms with Gasteiger partial charge in [0.1, 0.15) is 0 Å². The summed E-state index contributed by atoms with van der Waals surface area (Å²) in [5.74, 6) is 0.806. The molecule has 4 nitrogen and oxygen atoms in total. The summed E-state index contributed by atoms with van der Waals surface area (Å²) >= 11 is 3.24. The Morgan fingerprint density at radius 3 is 2.83 bits per heavy atom. The second-order valence-corrected chi connectivity index (χ2v) is 7.27. The van der Waals surface area contributed by atoms with Crippen LogP contribution in [0.2, 0.25) is 0 Å². The molecule has 3 rings (SSSR count). The molecule has 0 saturated carbocycles. The molecule has 0 fully saturated rings. The lowest BCUT2D eigenvalue weighted by molar-refractivity contribution is 1.01. The molecule has 0 saturated heterocycles. The van der Waals surface area contributed by atoms with Crippen LogP contribution in [0.5, 0.6) is 0 Å². The number of nitrogens with zero attached hydrogens (tertiary/aromatic N) is 3. The summed E-state index contributed by atoms with van der Waals surface area (Å²) in [6, 6.07) is 12.3. The van der Waals surface area contributed by atoms with Gasteiger partial charge in [-0.1, -0.05) is 54.3 Å². The van der Waals surface area contributed by atoms with Crippen LogP contribution in [-0.2, 0) is 12.2 Å². The van der Waals surface area contributed by atoms with Gasteiger partial charge in [0.05, 0.1) is 5.69 Å². The van der Waals surface area contributed by atoms with E-state index >= 15 is 0 Å². The van der Waals surface area contributed by atoms with E-state index in [0.717, 1.165) is 33.0 Å². The number of nitrogens with one attached hydrogen (secondary N) is 1. The number of aryl methyl sites for hydroxylation is 2. The third-order valence-electron chi connectivity index (χ3n) is 3.45. The molecule has 0 aliphatic rings. The van der Waals surface area contributed by atoms with Crippen molar-refractivity contribution in [2.75, 3.05) is 5.32 Å². The predicted octanol–water partition coefficient (Wildman–Crippen LogP) is 4.84. The van der Waals surface area contributed by atoms with Gasteiger partial charge in [-0.2, -0.15) is 0 Å². The van der Waals surface area contributed by atoms with Crippen molar-refractivity contribution in [1.82, 2.24) is 15.2 Å². The summed E-state index contributed by atoms with van der Waals surface area (Å²) in [5, 5.41) is 12.8. The lowest BCUT2D eigenvalue weighted by atomic mass is 10.1. The Bertz CT molecular complexity index is 771. The Hall–Kier alpha value is -1.92. The van der Waals surface area contributed by atoms with E-state index in [1.165, 1.54) is 11.1 Å². The van der Waals surface area contributed by atoms with E-state index < -0.39 is 0 Å². The van der Waals surface area contributed by atoms with E-state index in [1.54, 1.807) is 23.1 Å². The van der Waals surface area contributed by atoms with E-state index in [-0.39, 0.29) is 0 Å². The molecule has 2 aromatic heterocycles. The SMILES string of the molecule is CCc1cccc(C)c1Nc1nnc(SCc2ccccn2)s1. The van der Waals surface area contributed by atoms with Crippen LogP contribution in [0, 0.1) is 6.92 Å². The molecule has 6 heteroatoms. The van der Waals surface area contributed by atoms with Crippen molar-refractivity contribution in [1.29, 1.82) is 0 Å². The number of hydrogen-bond donors (Lipinski definition) is 1. The van der Waals surface area contributed by atoms with Crippen molar-refractivity contribution >= 4 is 33.9 Å². The predicted molar refractivity (Wildman–Crippen MR) is 97.5 cm³/mol. The van der Waals surface area contributed by atoms with Gasteiger partial charge in [0, 0.05) is 17.6 Å². The minimum atomic E-state index is 0.806. The molecule has 0 bridgehead atoms. The number of para-hydroxylation sites is 1. The van der Waals surface area contributed by atoms with Gasteiger partial charge >= 0.3 is 0 Å². The maximum absolute atomic E-state index is 4.32. The summed E-state index contributed by atoms with van der Waals surface area (Å²) in [7, 11) is 0. The summed E-state index contributed by atoms with van der Waals surface area (Å²) in [6.07, 6.45) is 2.80. The first kappa shape index (κ1) is 16.0. The van der Waals surface area contributed by atoms with Crippen LogP contribution in [0.25, 0.3) is 0 Å². The van der Waals surface area contributed by atoms with Gasteiger partial charge in [0.2, 0.25) is 5.13 Å². The zero-order valence-corrected chi connectivity index (χ0v) is 14.7. The topological polar surface area (TPSA) is 50.7 Å². The summed E-state index contributed by atoms with van der Waals surface area (Å²) in [6.45, 7) is 4.27. The Labute approximate surface area is 144 Å². The number of aromatic nitrogens is 3. The maximum atomic E-state index is 4.32. The van der Waals surface area contributed by atoms with Crippen molar-refractivity contribution in [3.63, 3.8) is 0 Å². The number of thioether (sulfide) groups is 1. The van der Waals surface area contributed by atoms with Gasteiger partial charge in [0.25, 0.3) is 0 Å². The highest BCUT2D eigenvalue weighted by atomic mass is 32.2. The Kier molecular flexibility index (Phi) is 5.25. The molecule has 2 heterocycles. The highest BCUT2D eigenvalue weighted by molar-refractivity contribution is 8.00. The lowest BCUT2D eigenvalue weighted by Gasteiger charge is -2.11. The van der Waals surface area contributed by atoms with Crippen LogP contribution < -0.4 is 5.32 Å². The number of benzene rings is 1. The molecule has 0 spiro atoms. The highest BCUT2D eigenvalue weighted by Gasteiger charge is 2.09. The monoisotopic (exact) mass is 342 g/mol. The zero-order chi connectivity index (χ0) is 16.1. The average molecular weight is 342 g/mol. The average Bonchev–Trinajstić information content (AvgIpc) is 3.03. The lowest BCUT2D eigenvalue weighted by Crippen LogP contribution is -1.97. The van der Waals surface area contributed by atoms with Gasteiger partial charge < -0.3 is 5.32 Å². The molecule has 0 aliphatic carbocycles. The quantitative estimate of drug-likeness (QED) is 0.650. The number of anilines is 2.